The number of nitrogens with one attached hydrogen (secondary N) is 2. The van der Waals surface area contributed by atoms with E-state index in [0.717, 1.165) is 0 Å². The number of ketones is 1. The molecule has 2 amide bonds. The number of aromatic nitrogens is 4. The number of carbonyl (C=O) groups is 2. The van der Waals surface area contributed by atoms with Gasteiger partial charge < -0.3 is 15.6 Å². The summed E-state index contributed by atoms with van der Waals surface area (Å²) in [5, 5.41) is 6.36. The van der Waals surface area contributed by atoms with Crippen LogP contribution in [-0.4, -0.2) is 31.3 Å². The lowest BCUT2D eigenvalue weighted by molar-refractivity contribution is 0.104. The van der Waals surface area contributed by atoms with Crippen molar-refractivity contribution < 1.29 is 9.59 Å². The Balaban J connectivity index is 1.60. The summed E-state index contributed by atoms with van der Waals surface area (Å²) in [5.41, 5.74) is 7.94. The van der Waals surface area contributed by atoms with Crippen LogP contribution in [0.25, 0.3) is 11.0 Å². The topological polar surface area (TPSA) is 128 Å². The molecule has 0 spiro atoms. The summed E-state index contributed by atoms with van der Waals surface area (Å²) in [5.74, 6) is 0.172. The van der Waals surface area contributed by atoms with Crippen molar-refractivity contribution in [3.8, 4) is 0 Å². The first-order valence-corrected chi connectivity index (χ1v) is 10.2. The number of benzene rings is 1. The molecule has 3 aromatic heterocycles. The zero-order chi connectivity index (χ0) is 22.8. The molecule has 0 aliphatic carbocycles. The normalized spacial score (nSPS) is 11.0. The molecule has 0 unspecified atom stereocenters. The number of pyridine rings is 1. The predicted octanol–water partition coefficient (Wildman–Crippen LogP) is 4.52. The zero-order valence-electron chi connectivity index (χ0n) is 17.3. The first kappa shape index (κ1) is 21.3. The van der Waals surface area contributed by atoms with Crippen LogP contribution in [0.5, 0.6) is 0 Å². The Hall–Kier alpha value is -3.98. The second-order valence-corrected chi connectivity index (χ2v) is 7.78. The summed E-state index contributed by atoms with van der Waals surface area (Å²) in [6.07, 6.45) is 4.55. The van der Waals surface area contributed by atoms with E-state index >= 15 is 0 Å². The molecular formula is C22H20ClN7O2. The lowest BCUT2D eigenvalue weighted by atomic mass is 10.0. The Morgan fingerprint density at radius 3 is 2.53 bits per heavy atom. The maximum Gasteiger partial charge on any atom is 0.324 e. The summed E-state index contributed by atoms with van der Waals surface area (Å²) in [6.45, 7) is 3.97. The van der Waals surface area contributed by atoms with Crippen molar-refractivity contribution >= 4 is 51.8 Å². The van der Waals surface area contributed by atoms with Gasteiger partial charge in [-0.15, -0.1) is 0 Å². The highest BCUT2D eigenvalue weighted by molar-refractivity contribution is 6.30. The number of nitrogen functional groups attached to an aromatic ring is 1. The van der Waals surface area contributed by atoms with E-state index in [-0.39, 0.29) is 23.5 Å². The van der Waals surface area contributed by atoms with Gasteiger partial charge in [-0.1, -0.05) is 11.6 Å². The Morgan fingerprint density at radius 1 is 1.06 bits per heavy atom. The molecule has 32 heavy (non-hydrogen) atoms. The van der Waals surface area contributed by atoms with Crippen LogP contribution < -0.4 is 16.4 Å². The number of rotatable bonds is 5. The maximum absolute atomic E-state index is 13.3. The first-order valence-electron chi connectivity index (χ1n) is 9.79. The fraction of sp³-hybridized carbons (Fsp3) is 0.136. The monoisotopic (exact) mass is 449 g/mol. The molecule has 4 rings (SSSR count). The smallest absolute Gasteiger partial charge is 0.324 e. The first-order chi connectivity index (χ1) is 15.3. The van der Waals surface area contributed by atoms with Gasteiger partial charge in [-0.2, -0.15) is 0 Å². The maximum atomic E-state index is 13.3. The lowest BCUT2D eigenvalue weighted by Crippen LogP contribution is -2.20. The number of fused-ring (bicyclic) bond motifs is 1. The van der Waals surface area contributed by atoms with Crippen LogP contribution in [0.4, 0.5) is 22.1 Å². The second kappa shape index (κ2) is 8.64. The molecule has 0 saturated carbocycles. The number of anilines is 3. The van der Waals surface area contributed by atoms with Gasteiger partial charge in [-0.05, 0) is 50.2 Å². The quantitative estimate of drug-likeness (QED) is 0.384. The van der Waals surface area contributed by atoms with E-state index in [0.29, 0.717) is 32.9 Å². The van der Waals surface area contributed by atoms with Gasteiger partial charge in [0.2, 0.25) is 0 Å². The van der Waals surface area contributed by atoms with Crippen molar-refractivity contribution in [3.63, 3.8) is 0 Å². The fourth-order valence-electron chi connectivity index (χ4n) is 3.28. The van der Waals surface area contributed by atoms with Gasteiger partial charge in [-0.25, -0.2) is 19.7 Å². The number of hydrogen-bond acceptors (Lipinski definition) is 6. The highest BCUT2D eigenvalue weighted by atomic mass is 35.5. The minimum Gasteiger partial charge on any atom is -0.383 e. The largest absolute Gasteiger partial charge is 0.383 e. The highest BCUT2D eigenvalue weighted by Gasteiger charge is 2.21. The van der Waals surface area contributed by atoms with Crippen LogP contribution in [0.1, 0.15) is 35.8 Å². The van der Waals surface area contributed by atoms with Crippen LogP contribution in [0.15, 0.2) is 55.1 Å². The third kappa shape index (κ3) is 4.23. The molecule has 3 heterocycles. The molecule has 0 saturated heterocycles. The fourth-order valence-corrected chi connectivity index (χ4v) is 3.41. The summed E-state index contributed by atoms with van der Waals surface area (Å²) in [4.78, 5) is 38.1. The molecule has 0 aliphatic rings. The molecule has 9 nitrogen and oxygen atoms in total. The molecule has 0 atom stereocenters. The standard InChI is InChI=1S/C22H20ClN7O2/c1-12(2)30-10-16(18-20(24)26-11-27-21(18)30)19(31)13-7-8-25-17(9-13)29-22(32)28-15-5-3-14(23)4-6-15/h3-12H,1-2H3,(H2,24,26,27)(H2,25,28,29,32). The van der Waals surface area contributed by atoms with Crippen LogP contribution in [0.2, 0.25) is 5.02 Å². The second-order valence-electron chi connectivity index (χ2n) is 7.35. The van der Waals surface area contributed by atoms with Gasteiger partial charge in [0.05, 0.1) is 10.9 Å². The minimum absolute atomic E-state index is 0.0691. The van der Waals surface area contributed by atoms with Crippen LogP contribution >= 0.6 is 11.6 Å². The van der Waals surface area contributed by atoms with E-state index < -0.39 is 6.03 Å². The van der Waals surface area contributed by atoms with Gasteiger partial charge in [0.15, 0.2) is 5.78 Å². The number of halogens is 1. The van der Waals surface area contributed by atoms with E-state index in [2.05, 4.69) is 25.6 Å². The van der Waals surface area contributed by atoms with Crippen molar-refractivity contribution in [1.82, 2.24) is 19.5 Å². The predicted molar refractivity (Wildman–Crippen MR) is 124 cm³/mol. The Labute approximate surface area is 188 Å². The van der Waals surface area contributed by atoms with E-state index in [9.17, 15) is 9.59 Å². The average Bonchev–Trinajstić information content (AvgIpc) is 3.16. The van der Waals surface area contributed by atoms with E-state index in [1.54, 1.807) is 36.5 Å². The summed E-state index contributed by atoms with van der Waals surface area (Å²) in [7, 11) is 0. The Bertz CT molecular complexity index is 1320. The summed E-state index contributed by atoms with van der Waals surface area (Å²) >= 11 is 5.85. The molecule has 0 fully saturated rings. The minimum atomic E-state index is -0.501. The van der Waals surface area contributed by atoms with E-state index in [1.165, 1.54) is 18.6 Å². The third-order valence-electron chi connectivity index (χ3n) is 4.81. The summed E-state index contributed by atoms with van der Waals surface area (Å²) in [6, 6.07) is 9.32. The molecule has 0 bridgehead atoms. The van der Waals surface area contributed by atoms with E-state index in [4.69, 9.17) is 17.3 Å². The average molecular weight is 450 g/mol. The molecule has 0 aliphatic heterocycles. The number of nitrogens with zero attached hydrogens (tertiary/aromatic N) is 4. The van der Waals surface area contributed by atoms with Gasteiger partial charge in [0, 0.05) is 34.7 Å². The van der Waals surface area contributed by atoms with E-state index in [1.807, 2.05) is 18.4 Å². The molecular weight excluding hydrogens is 430 g/mol. The molecule has 4 N–H and O–H groups in total. The van der Waals surface area contributed by atoms with Crippen molar-refractivity contribution in [1.29, 1.82) is 0 Å². The molecule has 10 heteroatoms. The van der Waals surface area contributed by atoms with Gasteiger partial charge in [0.25, 0.3) is 0 Å². The number of nitrogens with two attached hydrogens (primary N) is 1. The van der Waals surface area contributed by atoms with Crippen LogP contribution in [0.3, 0.4) is 0 Å². The van der Waals surface area contributed by atoms with Gasteiger partial charge in [0.1, 0.15) is 23.6 Å². The lowest BCUT2D eigenvalue weighted by Gasteiger charge is -2.08. The van der Waals surface area contributed by atoms with Gasteiger partial charge >= 0.3 is 6.03 Å². The number of amides is 2. The third-order valence-corrected chi connectivity index (χ3v) is 5.06. The van der Waals surface area contributed by atoms with Crippen molar-refractivity contribution in [3.05, 3.63) is 71.3 Å². The number of urea groups is 1. The van der Waals surface area contributed by atoms with Crippen molar-refractivity contribution in [2.24, 2.45) is 0 Å². The summed E-state index contributed by atoms with van der Waals surface area (Å²) < 4.78 is 1.88. The zero-order valence-corrected chi connectivity index (χ0v) is 18.1. The molecule has 0 radical (unpaired) electrons. The van der Waals surface area contributed by atoms with Crippen LogP contribution in [-0.2, 0) is 0 Å². The molecule has 4 aromatic rings. The van der Waals surface area contributed by atoms with Crippen molar-refractivity contribution in [2.45, 2.75) is 19.9 Å². The number of hydrogen-bond donors (Lipinski definition) is 3. The Kier molecular flexibility index (Phi) is 5.74. The molecule has 162 valence electrons. The number of carbonyl (C=O) groups excluding carboxylic acids is 2. The van der Waals surface area contributed by atoms with Crippen molar-refractivity contribution in [2.75, 3.05) is 16.4 Å². The SMILES string of the molecule is CC(C)n1cc(C(=O)c2ccnc(NC(=O)Nc3ccc(Cl)cc3)c2)c2c(N)ncnc21. The van der Waals surface area contributed by atoms with Gasteiger partial charge in [-0.3, -0.25) is 10.1 Å². The Morgan fingerprint density at radius 2 is 1.81 bits per heavy atom. The highest BCUT2D eigenvalue weighted by Crippen LogP contribution is 2.28. The molecule has 1 aromatic carbocycles. The van der Waals surface area contributed by atoms with Crippen LogP contribution in [0, 0.1) is 0 Å².